The summed E-state index contributed by atoms with van der Waals surface area (Å²) in [5.74, 6) is 0.191. The van der Waals surface area contributed by atoms with Gasteiger partial charge in [-0.05, 0) is 20.8 Å². The van der Waals surface area contributed by atoms with Crippen molar-refractivity contribution in [2.24, 2.45) is 0 Å². The highest BCUT2D eigenvalue weighted by molar-refractivity contribution is 5.08. The highest BCUT2D eigenvalue weighted by Gasteiger charge is 2.09. The molecule has 0 spiro atoms. The lowest BCUT2D eigenvalue weighted by molar-refractivity contribution is -0.00790. The van der Waals surface area contributed by atoms with Gasteiger partial charge in [-0.15, -0.1) is 0 Å². The van der Waals surface area contributed by atoms with Crippen molar-refractivity contribution in [3.8, 4) is 5.75 Å². The highest BCUT2D eigenvalue weighted by atomic mass is 16.5. The number of ether oxygens (including phenoxy) is 1. The summed E-state index contributed by atoms with van der Waals surface area (Å²) in [6, 6.07) is 0. The third kappa shape index (κ3) is 3.94. The number of aromatic nitrogens is 2. The Morgan fingerprint density at radius 3 is 2.69 bits per heavy atom. The van der Waals surface area contributed by atoms with Crippen LogP contribution in [0.1, 0.15) is 20.8 Å². The van der Waals surface area contributed by atoms with Crippen LogP contribution in [0.15, 0.2) is 12.4 Å². The molecule has 13 heavy (non-hydrogen) atoms. The van der Waals surface area contributed by atoms with E-state index in [1.165, 1.54) is 6.20 Å². The van der Waals surface area contributed by atoms with E-state index >= 15 is 0 Å². The van der Waals surface area contributed by atoms with Crippen LogP contribution in [-0.4, -0.2) is 27.1 Å². The molecule has 0 amide bonds. The van der Waals surface area contributed by atoms with Crippen molar-refractivity contribution in [3.05, 3.63) is 12.4 Å². The van der Waals surface area contributed by atoms with Crippen LogP contribution in [0.2, 0.25) is 0 Å². The van der Waals surface area contributed by atoms with E-state index in [-0.39, 0.29) is 11.4 Å². The molecule has 0 fully saturated rings. The first kappa shape index (κ1) is 10.1. The number of aromatic hydroxyl groups is 1. The number of nitrogens with zero attached hydrogens (tertiary/aromatic N) is 2. The number of hydrogen-bond acceptors (Lipinski definition) is 3. The second-order valence-corrected chi connectivity index (χ2v) is 3.92. The first-order valence-electron chi connectivity index (χ1n) is 4.33. The lowest BCUT2D eigenvalue weighted by atomic mass is 10.2. The predicted octanol–water partition coefficient (Wildman–Crippen LogP) is 1.40. The molecule has 4 heteroatoms. The van der Waals surface area contributed by atoms with Gasteiger partial charge in [-0.25, -0.2) is 0 Å². The van der Waals surface area contributed by atoms with E-state index in [0.29, 0.717) is 13.2 Å². The minimum absolute atomic E-state index is 0.116. The lowest BCUT2D eigenvalue weighted by Crippen LogP contribution is -2.21. The lowest BCUT2D eigenvalue weighted by Gasteiger charge is -2.19. The zero-order valence-corrected chi connectivity index (χ0v) is 8.32. The monoisotopic (exact) mass is 184 g/mol. The summed E-state index contributed by atoms with van der Waals surface area (Å²) in [5, 5.41) is 12.9. The molecule has 0 bridgehead atoms. The summed E-state index contributed by atoms with van der Waals surface area (Å²) in [7, 11) is 0. The maximum atomic E-state index is 8.99. The molecule has 0 radical (unpaired) electrons. The highest BCUT2D eigenvalue weighted by Crippen LogP contribution is 2.07. The smallest absolute Gasteiger partial charge is 0.153 e. The Morgan fingerprint density at radius 2 is 2.23 bits per heavy atom. The van der Waals surface area contributed by atoms with Gasteiger partial charge in [0, 0.05) is 0 Å². The summed E-state index contributed by atoms with van der Waals surface area (Å²) in [5.41, 5.74) is -0.116. The molecule has 0 aliphatic heterocycles. The molecule has 4 nitrogen and oxygen atoms in total. The van der Waals surface area contributed by atoms with Crippen LogP contribution in [0.25, 0.3) is 0 Å². The van der Waals surface area contributed by atoms with E-state index in [2.05, 4.69) is 5.10 Å². The van der Waals surface area contributed by atoms with Crippen molar-refractivity contribution in [3.63, 3.8) is 0 Å². The first-order valence-corrected chi connectivity index (χ1v) is 4.33. The second-order valence-electron chi connectivity index (χ2n) is 3.92. The third-order valence-electron chi connectivity index (χ3n) is 1.48. The van der Waals surface area contributed by atoms with Crippen LogP contribution >= 0.6 is 0 Å². The van der Waals surface area contributed by atoms with Gasteiger partial charge in [0.2, 0.25) is 0 Å². The molecule has 0 atom stereocenters. The van der Waals surface area contributed by atoms with E-state index < -0.39 is 0 Å². The molecular weight excluding hydrogens is 168 g/mol. The van der Waals surface area contributed by atoms with Crippen LogP contribution in [0.3, 0.4) is 0 Å². The fraction of sp³-hybridized carbons (Fsp3) is 0.667. The van der Waals surface area contributed by atoms with Gasteiger partial charge >= 0.3 is 0 Å². The minimum Gasteiger partial charge on any atom is -0.505 e. The van der Waals surface area contributed by atoms with Crippen molar-refractivity contribution >= 4 is 0 Å². The van der Waals surface area contributed by atoms with E-state index in [0.717, 1.165) is 0 Å². The zero-order chi connectivity index (χ0) is 9.90. The third-order valence-corrected chi connectivity index (χ3v) is 1.48. The molecule has 74 valence electrons. The van der Waals surface area contributed by atoms with Crippen molar-refractivity contribution in [2.45, 2.75) is 32.9 Å². The normalized spacial score (nSPS) is 11.9. The van der Waals surface area contributed by atoms with E-state index in [9.17, 15) is 0 Å². The largest absolute Gasteiger partial charge is 0.505 e. The molecule has 0 aliphatic rings. The van der Waals surface area contributed by atoms with Crippen LogP contribution in [0.4, 0.5) is 0 Å². The molecule has 1 aromatic heterocycles. The fourth-order valence-corrected chi connectivity index (χ4v) is 0.920. The van der Waals surface area contributed by atoms with Gasteiger partial charge in [-0.1, -0.05) is 0 Å². The van der Waals surface area contributed by atoms with Crippen LogP contribution in [0, 0.1) is 0 Å². The maximum absolute atomic E-state index is 8.99. The Bertz CT molecular complexity index is 263. The molecule has 0 unspecified atom stereocenters. The van der Waals surface area contributed by atoms with E-state index in [1.54, 1.807) is 10.9 Å². The number of hydrogen-bond donors (Lipinski definition) is 1. The van der Waals surface area contributed by atoms with Crippen LogP contribution in [-0.2, 0) is 11.3 Å². The molecular formula is C9H16N2O2. The molecule has 0 saturated heterocycles. The second kappa shape index (κ2) is 3.79. The molecule has 0 aromatic carbocycles. The Labute approximate surface area is 78.1 Å². The molecule has 1 heterocycles. The Kier molecular flexibility index (Phi) is 2.93. The van der Waals surface area contributed by atoms with Gasteiger partial charge in [0.25, 0.3) is 0 Å². The van der Waals surface area contributed by atoms with E-state index in [4.69, 9.17) is 9.84 Å². The van der Waals surface area contributed by atoms with Crippen molar-refractivity contribution in [1.82, 2.24) is 9.78 Å². The molecule has 0 aliphatic carbocycles. The molecule has 1 rings (SSSR count). The summed E-state index contributed by atoms with van der Waals surface area (Å²) in [4.78, 5) is 0. The zero-order valence-electron chi connectivity index (χ0n) is 8.32. The Morgan fingerprint density at radius 1 is 1.54 bits per heavy atom. The Balaban J connectivity index is 2.28. The predicted molar refractivity (Wildman–Crippen MR) is 49.6 cm³/mol. The summed E-state index contributed by atoms with van der Waals surface area (Å²) in [6.07, 6.45) is 2.99. The SMILES string of the molecule is CC(C)(C)OCCn1cc(O)cn1. The first-order chi connectivity index (χ1) is 5.97. The van der Waals surface area contributed by atoms with Gasteiger partial charge in [0.05, 0.1) is 31.1 Å². The van der Waals surface area contributed by atoms with Crippen molar-refractivity contribution in [2.75, 3.05) is 6.61 Å². The van der Waals surface area contributed by atoms with Crippen molar-refractivity contribution < 1.29 is 9.84 Å². The Hall–Kier alpha value is -1.03. The van der Waals surface area contributed by atoms with Gasteiger partial charge in [-0.2, -0.15) is 5.10 Å². The topological polar surface area (TPSA) is 47.3 Å². The molecule has 0 saturated carbocycles. The van der Waals surface area contributed by atoms with Crippen LogP contribution in [0.5, 0.6) is 5.75 Å². The van der Waals surface area contributed by atoms with Crippen LogP contribution < -0.4 is 0 Å². The quantitative estimate of drug-likeness (QED) is 0.772. The summed E-state index contributed by atoms with van der Waals surface area (Å²) >= 11 is 0. The fourth-order valence-electron chi connectivity index (χ4n) is 0.920. The van der Waals surface area contributed by atoms with Crippen molar-refractivity contribution in [1.29, 1.82) is 0 Å². The summed E-state index contributed by atoms with van der Waals surface area (Å²) < 4.78 is 7.15. The minimum atomic E-state index is -0.116. The molecule has 1 aromatic rings. The van der Waals surface area contributed by atoms with Gasteiger partial charge in [0.1, 0.15) is 0 Å². The van der Waals surface area contributed by atoms with Gasteiger partial charge in [-0.3, -0.25) is 4.68 Å². The average molecular weight is 184 g/mol. The maximum Gasteiger partial charge on any atom is 0.153 e. The summed E-state index contributed by atoms with van der Waals surface area (Å²) in [6.45, 7) is 7.29. The molecule has 1 N–H and O–H groups in total. The average Bonchev–Trinajstić information content (AvgIpc) is 2.33. The van der Waals surface area contributed by atoms with E-state index in [1.807, 2.05) is 20.8 Å². The number of rotatable bonds is 3. The standard InChI is InChI=1S/C9H16N2O2/c1-9(2,3)13-5-4-11-7-8(12)6-10-11/h6-7,12H,4-5H2,1-3H3. The van der Waals surface area contributed by atoms with Gasteiger partial charge in [0.15, 0.2) is 5.75 Å². The van der Waals surface area contributed by atoms with Gasteiger partial charge < -0.3 is 9.84 Å².